The summed E-state index contributed by atoms with van der Waals surface area (Å²) in [7, 11) is 8.06. The topological polar surface area (TPSA) is 147 Å². The van der Waals surface area contributed by atoms with Gasteiger partial charge in [-0.05, 0) is 55.7 Å². The Bertz CT molecular complexity index is 1720. The number of rotatable bonds is 23. The number of esters is 1. The Morgan fingerprint density at radius 1 is 0.836 bits per heavy atom. The molecule has 0 saturated carbocycles. The SMILES string of the molecule is CC[C@H](C)[C@@H]([C@@H](CC(=O)N1CCC[C@H]1[C@H](OC)[C@@H](C)C(=O)N[C@@H](Cc1ccccc1)C(=O)OC)OC)N(C)C(=O)[C@@H](NC(=O)[C@H](C(C)C)N(C)Cc1cccc(C)c1)C(C)C. The Hall–Kier alpha value is -4.33. The summed E-state index contributed by atoms with van der Waals surface area (Å²) in [5.74, 6) is -2.55. The highest BCUT2D eigenvalue weighted by Crippen LogP contribution is 2.30. The zero-order chi connectivity index (χ0) is 45.6. The molecule has 0 spiro atoms. The summed E-state index contributed by atoms with van der Waals surface area (Å²) in [6, 6.07) is 14.5. The second kappa shape index (κ2) is 24.3. The first kappa shape index (κ1) is 51.0. The van der Waals surface area contributed by atoms with Crippen LogP contribution in [-0.4, -0.2) is 129 Å². The summed E-state index contributed by atoms with van der Waals surface area (Å²) in [6.45, 7) is 16.8. The molecule has 340 valence electrons. The fourth-order valence-electron chi connectivity index (χ4n) is 8.97. The molecule has 61 heavy (non-hydrogen) atoms. The molecule has 2 N–H and O–H groups in total. The molecule has 0 aromatic heterocycles. The van der Waals surface area contributed by atoms with Crippen LogP contribution in [0.1, 0.15) is 90.8 Å². The third-order valence-corrected chi connectivity index (χ3v) is 12.5. The summed E-state index contributed by atoms with van der Waals surface area (Å²) in [5.41, 5.74) is 3.13. The number of nitrogens with zero attached hydrogens (tertiary/aromatic N) is 3. The monoisotopic (exact) mass is 850 g/mol. The molecule has 1 saturated heterocycles. The number of hydrogen-bond donors (Lipinski definition) is 2. The van der Waals surface area contributed by atoms with E-state index in [1.807, 2.05) is 103 Å². The van der Waals surface area contributed by atoms with E-state index in [1.165, 1.54) is 14.2 Å². The van der Waals surface area contributed by atoms with Gasteiger partial charge in [0.1, 0.15) is 12.1 Å². The van der Waals surface area contributed by atoms with Crippen LogP contribution < -0.4 is 10.6 Å². The molecule has 0 radical (unpaired) electrons. The second-order valence-corrected chi connectivity index (χ2v) is 17.7. The number of benzene rings is 2. The Balaban J connectivity index is 1.79. The summed E-state index contributed by atoms with van der Waals surface area (Å²) in [5, 5.41) is 6.00. The first-order valence-corrected chi connectivity index (χ1v) is 22.0. The van der Waals surface area contributed by atoms with Crippen molar-refractivity contribution in [1.29, 1.82) is 0 Å². The molecule has 2 aromatic carbocycles. The lowest BCUT2D eigenvalue weighted by Crippen LogP contribution is -2.60. The average Bonchev–Trinajstić information content (AvgIpc) is 3.71. The number of carbonyl (C=O) groups is 5. The summed E-state index contributed by atoms with van der Waals surface area (Å²) >= 11 is 0. The molecule has 2 aromatic rings. The lowest BCUT2D eigenvalue weighted by molar-refractivity contribution is -0.149. The molecule has 0 aliphatic carbocycles. The minimum absolute atomic E-state index is 0.00396. The van der Waals surface area contributed by atoms with Crippen molar-refractivity contribution in [3.8, 4) is 0 Å². The van der Waals surface area contributed by atoms with Crippen molar-refractivity contribution < 1.29 is 38.2 Å². The molecule has 13 nitrogen and oxygen atoms in total. The fraction of sp³-hybridized carbons (Fsp3) is 0.646. The summed E-state index contributed by atoms with van der Waals surface area (Å²) in [4.78, 5) is 74.9. The van der Waals surface area contributed by atoms with Crippen molar-refractivity contribution in [1.82, 2.24) is 25.3 Å². The van der Waals surface area contributed by atoms with E-state index in [9.17, 15) is 24.0 Å². The highest BCUT2D eigenvalue weighted by molar-refractivity contribution is 5.90. The maximum absolute atomic E-state index is 14.6. The van der Waals surface area contributed by atoms with E-state index in [2.05, 4.69) is 22.8 Å². The Morgan fingerprint density at radius 3 is 2.05 bits per heavy atom. The predicted molar refractivity (Wildman–Crippen MR) is 238 cm³/mol. The Morgan fingerprint density at radius 2 is 1.49 bits per heavy atom. The van der Waals surface area contributed by atoms with Crippen molar-refractivity contribution >= 4 is 29.6 Å². The molecule has 9 atom stereocenters. The standard InChI is InChI=1S/C48H75N5O8/c1-14-33(7)43(52(10)47(57)41(30(2)3)50-46(56)42(31(4)5)51(9)29-36-23-18-20-32(6)26-36)39(59-11)28-40(54)53-25-19-24-38(53)44(60-12)34(8)45(55)49-37(48(58)61-13)27-35-21-16-15-17-22-35/h15-18,20-23,26,30-31,33-34,37-39,41-44H,14,19,24-25,27-29H2,1-13H3,(H,49,55)(H,50,56)/t33-,34+,37-,38-,39+,41-,42-,43-,44+/m0/s1. The number of ether oxygens (including phenoxy) is 3. The largest absolute Gasteiger partial charge is 0.467 e. The van der Waals surface area contributed by atoms with E-state index >= 15 is 0 Å². The summed E-state index contributed by atoms with van der Waals surface area (Å²) < 4.78 is 17.1. The van der Waals surface area contributed by atoms with Gasteiger partial charge >= 0.3 is 5.97 Å². The number of carbonyl (C=O) groups excluding carboxylic acids is 5. The van der Waals surface area contributed by atoms with Gasteiger partial charge in [0.05, 0.1) is 49.8 Å². The van der Waals surface area contributed by atoms with E-state index in [0.717, 1.165) is 29.5 Å². The molecular formula is C48H75N5O8. The number of aryl methyl sites for hydroxylation is 1. The van der Waals surface area contributed by atoms with Crippen LogP contribution in [0.25, 0.3) is 0 Å². The van der Waals surface area contributed by atoms with Crippen molar-refractivity contribution in [3.05, 3.63) is 71.3 Å². The first-order valence-electron chi connectivity index (χ1n) is 22.0. The molecule has 0 bridgehead atoms. The minimum Gasteiger partial charge on any atom is -0.467 e. The van der Waals surface area contributed by atoms with Crippen LogP contribution in [0.2, 0.25) is 0 Å². The third-order valence-electron chi connectivity index (χ3n) is 12.5. The number of hydrogen-bond acceptors (Lipinski definition) is 9. The maximum Gasteiger partial charge on any atom is 0.328 e. The van der Waals surface area contributed by atoms with Crippen LogP contribution in [0.4, 0.5) is 0 Å². The lowest BCUT2D eigenvalue weighted by atomic mass is 9.89. The zero-order valence-corrected chi connectivity index (χ0v) is 39.1. The van der Waals surface area contributed by atoms with Gasteiger partial charge in [0.15, 0.2) is 0 Å². The van der Waals surface area contributed by atoms with E-state index in [1.54, 1.807) is 30.9 Å². The number of methoxy groups -OCH3 is 3. The molecule has 4 amide bonds. The molecule has 1 fully saturated rings. The van der Waals surface area contributed by atoms with E-state index in [4.69, 9.17) is 14.2 Å². The van der Waals surface area contributed by atoms with Crippen LogP contribution >= 0.6 is 0 Å². The van der Waals surface area contributed by atoms with Gasteiger partial charge in [-0.15, -0.1) is 0 Å². The van der Waals surface area contributed by atoms with E-state index in [-0.39, 0.29) is 54.2 Å². The quantitative estimate of drug-likeness (QED) is 0.140. The molecule has 1 aliphatic heterocycles. The normalized spacial score (nSPS) is 18.2. The van der Waals surface area contributed by atoms with Gasteiger partial charge in [-0.25, -0.2) is 4.79 Å². The van der Waals surface area contributed by atoms with Crippen LogP contribution in [0.5, 0.6) is 0 Å². The van der Waals surface area contributed by atoms with Crippen molar-refractivity contribution in [2.45, 2.75) is 136 Å². The molecule has 1 aliphatic rings. The van der Waals surface area contributed by atoms with Crippen LogP contribution in [0.3, 0.4) is 0 Å². The number of likely N-dealkylation sites (N-methyl/N-ethyl adjacent to an activating group) is 2. The van der Waals surface area contributed by atoms with Crippen LogP contribution in [0, 0.1) is 30.6 Å². The van der Waals surface area contributed by atoms with Crippen molar-refractivity contribution in [2.24, 2.45) is 23.7 Å². The number of nitrogens with one attached hydrogen (secondary N) is 2. The highest BCUT2D eigenvalue weighted by atomic mass is 16.5. The van der Waals surface area contributed by atoms with Gasteiger partial charge in [-0.3, -0.25) is 24.1 Å². The van der Waals surface area contributed by atoms with Crippen LogP contribution in [-0.2, 0) is 51.1 Å². The highest BCUT2D eigenvalue weighted by Gasteiger charge is 2.43. The second-order valence-electron chi connectivity index (χ2n) is 17.7. The van der Waals surface area contributed by atoms with Crippen molar-refractivity contribution in [3.63, 3.8) is 0 Å². The van der Waals surface area contributed by atoms with Gasteiger partial charge in [-0.1, -0.05) is 115 Å². The molecular weight excluding hydrogens is 775 g/mol. The van der Waals surface area contributed by atoms with Gasteiger partial charge < -0.3 is 34.6 Å². The maximum atomic E-state index is 14.6. The molecule has 13 heteroatoms. The molecule has 3 rings (SSSR count). The third kappa shape index (κ3) is 13.8. The number of likely N-dealkylation sites (tertiary alicyclic amines) is 1. The molecule has 1 heterocycles. The van der Waals surface area contributed by atoms with Gasteiger partial charge in [0.2, 0.25) is 23.6 Å². The smallest absolute Gasteiger partial charge is 0.328 e. The summed E-state index contributed by atoms with van der Waals surface area (Å²) in [6.07, 6.45) is 1.01. The van der Waals surface area contributed by atoms with Gasteiger partial charge in [0.25, 0.3) is 0 Å². The lowest BCUT2D eigenvalue weighted by Gasteiger charge is -2.41. The van der Waals surface area contributed by atoms with Gasteiger partial charge in [0, 0.05) is 40.8 Å². The number of amides is 4. The average molecular weight is 850 g/mol. The first-order chi connectivity index (χ1) is 28.9. The Kier molecular flexibility index (Phi) is 20.4. The molecule has 0 unspecified atom stereocenters. The predicted octanol–water partition coefficient (Wildman–Crippen LogP) is 5.41. The Labute approximate surface area is 365 Å². The fourth-order valence-corrected chi connectivity index (χ4v) is 8.97. The van der Waals surface area contributed by atoms with E-state index < -0.39 is 54.3 Å². The van der Waals surface area contributed by atoms with Gasteiger partial charge in [-0.2, -0.15) is 0 Å². The van der Waals surface area contributed by atoms with E-state index in [0.29, 0.717) is 19.5 Å². The van der Waals surface area contributed by atoms with Crippen LogP contribution in [0.15, 0.2) is 54.6 Å². The van der Waals surface area contributed by atoms with Crippen molar-refractivity contribution in [2.75, 3.05) is 42.0 Å². The minimum atomic E-state index is -0.897. The zero-order valence-electron chi connectivity index (χ0n) is 39.1.